The van der Waals surface area contributed by atoms with Gasteiger partial charge in [-0.3, -0.25) is 14.4 Å². The third-order valence-electron chi connectivity index (χ3n) is 5.34. The Morgan fingerprint density at radius 2 is 1.45 bits per heavy atom. The SMILES string of the molecule is Cc1onc(-c2ccccc2)c1C(=O)Nc1cccc2c1C(=O)c1ccccc1C2=O. The van der Waals surface area contributed by atoms with Crippen LogP contribution in [0.4, 0.5) is 5.69 Å². The summed E-state index contributed by atoms with van der Waals surface area (Å²) in [6.07, 6.45) is 0. The Kier molecular flexibility index (Phi) is 4.33. The highest BCUT2D eigenvalue weighted by Crippen LogP contribution is 2.33. The first-order chi connectivity index (χ1) is 15.1. The lowest BCUT2D eigenvalue weighted by Gasteiger charge is -2.20. The molecule has 1 aromatic heterocycles. The highest BCUT2D eigenvalue weighted by atomic mass is 16.5. The molecule has 0 aliphatic heterocycles. The first-order valence-electron chi connectivity index (χ1n) is 9.70. The Labute approximate surface area is 177 Å². The van der Waals surface area contributed by atoms with Crippen molar-refractivity contribution in [2.24, 2.45) is 0 Å². The predicted octanol–water partition coefficient (Wildman–Crippen LogP) is 4.68. The van der Waals surface area contributed by atoms with Crippen LogP contribution in [0.3, 0.4) is 0 Å². The number of amides is 1. The molecular weight excluding hydrogens is 392 g/mol. The summed E-state index contributed by atoms with van der Waals surface area (Å²) < 4.78 is 5.27. The van der Waals surface area contributed by atoms with Crippen molar-refractivity contribution in [2.45, 2.75) is 6.92 Å². The predicted molar refractivity (Wildman–Crippen MR) is 114 cm³/mol. The molecule has 0 spiro atoms. The fourth-order valence-electron chi connectivity index (χ4n) is 3.87. The molecule has 31 heavy (non-hydrogen) atoms. The minimum atomic E-state index is -0.467. The number of carbonyl (C=O) groups is 3. The Balaban J connectivity index is 1.57. The first kappa shape index (κ1) is 18.7. The molecule has 4 aromatic rings. The van der Waals surface area contributed by atoms with Crippen LogP contribution in [0, 0.1) is 6.92 Å². The van der Waals surface area contributed by atoms with Crippen LogP contribution >= 0.6 is 0 Å². The van der Waals surface area contributed by atoms with Gasteiger partial charge in [0.05, 0.1) is 11.3 Å². The van der Waals surface area contributed by atoms with Gasteiger partial charge in [-0.05, 0) is 13.0 Å². The minimum Gasteiger partial charge on any atom is -0.360 e. The van der Waals surface area contributed by atoms with E-state index in [1.807, 2.05) is 30.3 Å². The molecule has 0 bridgehead atoms. The minimum absolute atomic E-state index is 0.190. The Morgan fingerprint density at radius 1 is 0.806 bits per heavy atom. The van der Waals surface area contributed by atoms with E-state index >= 15 is 0 Å². The molecule has 0 radical (unpaired) electrons. The molecule has 1 aliphatic rings. The summed E-state index contributed by atoms with van der Waals surface area (Å²) in [5, 5.41) is 6.83. The van der Waals surface area contributed by atoms with E-state index in [2.05, 4.69) is 10.5 Å². The second-order valence-corrected chi connectivity index (χ2v) is 7.21. The number of fused-ring (bicyclic) bond motifs is 2. The van der Waals surface area contributed by atoms with Gasteiger partial charge in [-0.25, -0.2) is 0 Å². The van der Waals surface area contributed by atoms with Gasteiger partial charge in [0.1, 0.15) is 17.0 Å². The summed E-state index contributed by atoms with van der Waals surface area (Å²) in [4.78, 5) is 39.3. The van der Waals surface area contributed by atoms with Crippen LogP contribution in [0.2, 0.25) is 0 Å². The van der Waals surface area contributed by atoms with Gasteiger partial charge in [-0.15, -0.1) is 0 Å². The fourth-order valence-corrected chi connectivity index (χ4v) is 3.87. The molecule has 6 nitrogen and oxygen atoms in total. The highest BCUT2D eigenvalue weighted by Gasteiger charge is 2.32. The summed E-state index contributed by atoms with van der Waals surface area (Å²) in [6.45, 7) is 1.65. The molecule has 0 atom stereocenters. The Bertz CT molecular complexity index is 1370. The van der Waals surface area contributed by atoms with Gasteiger partial charge in [0, 0.05) is 22.3 Å². The molecule has 3 aromatic carbocycles. The van der Waals surface area contributed by atoms with Crippen molar-refractivity contribution in [1.82, 2.24) is 5.16 Å². The lowest BCUT2D eigenvalue weighted by Crippen LogP contribution is -2.24. The largest absolute Gasteiger partial charge is 0.360 e. The first-order valence-corrected chi connectivity index (χ1v) is 9.70. The molecule has 1 aliphatic carbocycles. The van der Waals surface area contributed by atoms with Crippen molar-refractivity contribution in [3.63, 3.8) is 0 Å². The van der Waals surface area contributed by atoms with Gasteiger partial charge >= 0.3 is 0 Å². The van der Waals surface area contributed by atoms with Crippen molar-refractivity contribution >= 4 is 23.2 Å². The van der Waals surface area contributed by atoms with E-state index < -0.39 is 5.91 Å². The Morgan fingerprint density at radius 3 is 2.19 bits per heavy atom. The van der Waals surface area contributed by atoms with E-state index in [1.165, 1.54) is 0 Å². The van der Waals surface area contributed by atoms with Crippen molar-refractivity contribution in [3.8, 4) is 11.3 Å². The molecular formula is C25H16N2O4. The molecule has 6 heteroatoms. The van der Waals surface area contributed by atoms with Crippen LogP contribution in [0.5, 0.6) is 0 Å². The van der Waals surface area contributed by atoms with Crippen molar-refractivity contribution in [1.29, 1.82) is 0 Å². The van der Waals surface area contributed by atoms with Crippen LogP contribution in [-0.4, -0.2) is 22.6 Å². The number of hydrogen-bond donors (Lipinski definition) is 1. The normalized spacial score (nSPS) is 12.3. The zero-order valence-electron chi connectivity index (χ0n) is 16.5. The van der Waals surface area contributed by atoms with E-state index in [1.54, 1.807) is 49.4 Å². The molecule has 1 N–H and O–H groups in total. The topological polar surface area (TPSA) is 89.3 Å². The monoisotopic (exact) mass is 408 g/mol. The number of aromatic nitrogens is 1. The fraction of sp³-hybridized carbons (Fsp3) is 0.0400. The van der Waals surface area contributed by atoms with Gasteiger partial charge in [-0.1, -0.05) is 71.9 Å². The van der Waals surface area contributed by atoms with Crippen molar-refractivity contribution in [2.75, 3.05) is 5.32 Å². The zero-order valence-corrected chi connectivity index (χ0v) is 16.5. The average Bonchev–Trinajstić information content (AvgIpc) is 3.19. The summed E-state index contributed by atoms with van der Waals surface area (Å²) >= 11 is 0. The van der Waals surface area contributed by atoms with Crippen LogP contribution in [0.15, 0.2) is 77.3 Å². The number of hydrogen-bond acceptors (Lipinski definition) is 5. The van der Waals surface area contributed by atoms with Gasteiger partial charge in [-0.2, -0.15) is 0 Å². The number of aryl methyl sites for hydroxylation is 1. The third kappa shape index (κ3) is 2.97. The Hall–Kier alpha value is -4.32. The maximum Gasteiger partial charge on any atom is 0.261 e. The van der Waals surface area contributed by atoms with Crippen LogP contribution in [-0.2, 0) is 0 Å². The molecule has 1 heterocycles. The van der Waals surface area contributed by atoms with Crippen LogP contribution < -0.4 is 5.32 Å². The van der Waals surface area contributed by atoms with E-state index in [4.69, 9.17) is 4.52 Å². The van der Waals surface area contributed by atoms with Crippen molar-refractivity contribution in [3.05, 3.63) is 106 Å². The maximum absolute atomic E-state index is 13.2. The molecule has 150 valence electrons. The lowest BCUT2D eigenvalue weighted by molar-refractivity contribution is 0.0978. The number of carbonyl (C=O) groups excluding carboxylic acids is 3. The lowest BCUT2D eigenvalue weighted by atomic mass is 9.83. The molecule has 1 amide bonds. The van der Waals surface area contributed by atoms with E-state index in [-0.39, 0.29) is 33.9 Å². The number of benzene rings is 3. The number of nitrogens with zero attached hydrogens (tertiary/aromatic N) is 1. The third-order valence-corrected chi connectivity index (χ3v) is 5.34. The summed E-state index contributed by atoms with van der Waals surface area (Å²) in [6, 6.07) is 20.8. The average molecular weight is 408 g/mol. The smallest absolute Gasteiger partial charge is 0.261 e. The number of ketones is 2. The molecule has 5 rings (SSSR count). The van der Waals surface area contributed by atoms with E-state index in [0.717, 1.165) is 5.56 Å². The number of nitrogens with one attached hydrogen (secondary N) is 1. The highest BCUT2D eigenvalue weighted by molar-refractivity contribution is 6.30. The number of anilines is 1. The molecule has 0 unspecified atom stereocenters. The molecule has 0 fully saturated rings. The van der Waals surface area contributed by atoms with Gasteiger partial charge in [0.25, 0.3) is 5.91 Å². The van der Waals surface area contributed by atoms with E-state index in [9.17, 15) is 14.4 Å². The standard InChI is InChI=1S/C25H16N2O4/c1-14-20(22(27-31-14)15-8-3-2-4-9-15)25(30)26-19-13-7-12-18-21(19)24(29)17-11-6-5-10-16(17)23(18)28/h2-13H,1H3,(H,26,30). The quantitative estimate of drug-likeness (QED) is 0.468. The van der Waals surface area contributed by atoms with Gasteiger partial charge in [0.15, 0.2) is 11.6 Å². The molecule has 0 saturated heterocycles. The second kappa shape index (κ2) is 7.18. The molecule has 0 saturated carbocycles. The van der Waals surface area contributed by atoms with Crippen molar-refractivity contribution < 1.29 is 18.9 Å². The van der Waals surface area contributed by atoms with Crippen LogP contribution in [0.1, 0.15) is 48.0 Å². The van der Waals surface area contributed by atoms with E-state index in [0.29, 0.717) is 22.6 Å². The summed E-state index contributed by atoms with van der Waals surface area (Å²) in [5.41, 5.74) is 2.85. The number of rotatable bonds is 3. The summed E-state index contributed by atoms with van der Waals surface area (Å²) in [7, 11) is 0. The van der Waals surface area contributed by atoms with Gasteiger partial charge < -0.3 is 9.84 Å². The van der Waals surface area contributed by atoms with Crippen LogP contribution in [0.25, 0.3) is 11.3 Å². The second-order valence-electron chi connectivity index (χ2n) is 7.21. The zero-order chi connectivity index (χ0) is 21.5. The van der Waals surface area contributed by atoms with Gasteiger partial charge in [0.2, 0.25) is 0 Å². The maximum atomic E-state index is 13.2. The summed E-state index contributed by atoms with van der Waals surface area (Å²) in [5.74, 6) is -0.655.